The normalized spacial score (nSPS) is 17.5. The van der Waals surface area contributed by atoms with E-state index in [1.54, 1.807) is 33.0 Å². The average Bonchev–Trinajstić information content (AvgIpc) is 3.11. The smallest absolute Gasteiger partial charge is 0.236 e. The highest BCUT2D eigenvalue weighted by atomic mass is 16.2. The molecule has 1 fully saturated rings. The third-order valence-corrected chi connectivity index (χ3v) is 3.34. The van der Waals surface area contributed by atoms with Crippen molar-refractivity contribution in [2.45, 2.75) is 25.3 Å². The third kappa shape index (κ3) is 4.52. The minimum atomic E-state index is -0.774. The Bertz CT molecular complexity index is 398. The van der Waals surface area contributed by atoms with Gasteiger partial charge >= 0.3 is 0 Å². The van der Waals surface area contributed by atoms with Crippen LogP contribution < -0.4 is 5.32 Å². The number of nitriles is 1. The van der Waals surface area contributed by atoms with Gasteiger partial charge in [-0.2, -0.15) is 5.26 Å². The number of nitrogens with one attached hydrogen (secondary N) is 1. The second kappa shape index (κ2) is 6.02. The molecule has 6 nitrogen and oxygen atoms in total. The van der Waals surface area contributed by atoms with Crippen LogP contribution in [-0.4, -0.2) is 61.4 Å². The highest BCUT2D eigenvalue weighted by Crippen LogP contribution is 2.39. The molecule has 0 bridgehead atoms. The van der Waals surface area contributed by atoms with Crippen molar-refractivity contribution >= 4 is 11.8 Å². The number of rotatable bonds is 6. The maximum atomic E-state index is 11.9. The lowest BCUT2D eigenvalue weighted by molar-refractivity contribution is -0.130. The van der Waals surface area contributed by atoms with Crippen LogP contribution in [0.5, 0.6) is 0 Å². The fourth-order valence-electron chi connectivity index (χ4n) is 1.88. The van der Waals surface area contributed by atoms with Crippen LogP contribution in [0.25, 0.3) is 0 Å². The van der Waals surface area contributed by atoms with Crippen molar-refractivity contribution in [2.24, 2.45) is 5.92 Å². The van der Waals surface area contributed by atoms with Crippen LogP contribution >= 0.6 is 0 Å². The Kier molecular flexibility index (Phi) is 4.90. The summed E-state index contributed by atoms with van der Waals surface area (Å²) in [5, 5.41) is 11.9. The Morgan fingerprint density at radius 1 is 1.32 bits per heavy atom. The minimum absolute atomic E-state index is 0.0551. The summed E-state index contributed by atoms with van der Waals surface area (Å²) in [6.45, 7) is 2.06. The number of nitrogens with zero attached hydrogens (tertiary/aromatic N) is 3. The number of carbonyl (C=O) groups is 2. The molecular weight excluding hydrogens is 244 g/mol. The van der Waals surface area contributed by atoms with E-state index in [-0.39, 0.29) is 30.8 Å². The molecule has 1 N–H and O–H groups in total. The van der Waals surface area contributed by atoms with Crippen LogP contribution in [0.4, 0.5) is 0 Å². The highest BCUT2D eigenvalue weighted by molar-refractivity contribution is 5.81. The zero-order valence-electron chi connectivity index (χ0n) is 12.1. The van der Waals surface area contributed by atoms with Crippen molar-refractivity contribution in [3.05, 3.63) is 0 Å². The molecule has 0 unspecified atom stereocenters. The van der Waals surface area contributed by atoms with Crippen LogP contribution in [0.1, 0.15) is 19.8 Å². The predicted octanol–water partition coefficient (Wildman–Crippen LogP) is -0.185. The first-order valence-corrected chi connectivity index (χ1v) is 6.39. The van der Waals surface area contributed by atoms with Gasteiger partial charge in [-0.05, 0) is 32.7 Å². The summed E-state index contributed by atoms with van der Waals surface area (Å²) in [7, 11) is 5.06. The van der Waals surface area contributed by atoms with Crippen molar-refractivity contribution in [3.8, 4) is 6.07 Å². The molecule has 2 amide bonds. The van der Waals surface area contributed by atoms with Gasteiger partial charge in [-0.3, -0.25) is 14.5 Å². The van der Waals surface area contributed by atoms with Crippen molar-refractivity contribution in [3.63, 3.8) is 0 Å². The topological polar surface area (TPSA) is 76.4 Å². The van der Waals surface area contributed by atoms with E-state index < -0.39 is 5.54 Å². The summed E-state index contributed by atoms with van der Waals surface area (Å²) < 4.78 is 0. The van der Waals surface area contributed by atoms with Gasteiger partial charge in [0.25, 0.3) is 0 Å². The molecule has 0 aromatic rings. The summed E-state index contributed by atoms with van der Waals surface area (Å²) >= 11 is 0. The van der Waals surface area contributed by atoms with E-state index in [1.165, 1.54) is 4.90 Å². The zero-order valence-corrected chi connectivity index (χ0v) is 12.1. The zero-order chi connectivity index (χ0) is 14.6. The van der Waals surface area contributed by atoms with Crippen LogP contribution in [0.2, 0.25) is 0 Å². The van der Waals surface area contributed by atoms with E-state index in [2.05, 4.69) is 11.4 Å². The molecule has 6 heteroatoms. The summed E-state index contributed by atoms with van der Waals surface area (Å²) in [5.41, 5.74) is -0.774. The first-order valence-electron chi connectivity index (χ1n) is 6.39. The SMILES string of the molecule is CN(CC(=O)N[C@@](C)(C#N)C1CC1)CC(=O)N(C)C. The third-order valence-electron chi connectivity index (χ3n) is 3.34. The van der Waals surface area contributed by atoms with E-state index in [4.69, 9.17) is 5.26 Å². The van der Waals surface area contributed by atoms with E-state index in [1.807, 2.05) is 0 Å². The first kappa shape index (κ1) is 15.4. The van der Waals surface area contributed by atoms with Crippen molar-refractivity contribution in [1.82, 2.24) is 15.1 Å². The van der Waals surface area contributed by atoms with Crippen LogP contribution in [0, 0.1) is 17.2 Å². The molecule has 1 saturated carbocycles. The fourth-order valence-corrected chi connectivity index (χ4v) is 1.88. The quantitative estimate of drug-likeness (QED) is 0.723. The molecule has 0 spiro atoms. The molecule has 0 saturated heterocycles. The number of carbonyl (C=O) groups excluding carboxylic acids is 2. The van der Waals surface area contributed by atoms with Gasteiger partial charge in [0, 0.05) is 14.1 Å². The second-order valence-corrected chi connectivity index (χ2v) is 5.60. The Labute approximate surface area is 114 Å². The summed E-state index contributed by atoms with van der Waals surface area (Å²) in [5.74, 6) is -0.0132. The molecule has 1 rings (SSSR count). The number of likely N-dealkylation sites (N-methyl/N-ethyl adjacent to an activating group) is 2. The Morgan fingerprint density at radius 2 is 1.89 bits per heavy atom. The van der Waals surface area contributed by atoms with E-state index in [0.717, 1.165) is 12.8 Å². The van der Waals surface area contributed by atoms with Gasteiger partial charge in [0.05, 0.1) is 19.2 Å². The highest BCUT2D eigenvalue weighted by Gasteiger charge is 2.43. The van der Waals surface area contributed by atoms with Gasteiger partial charge in [-0.15, -0.1) is 0 Å². The molecule has 1 atom stereocenters. The van der Waals surface area contributed by atoms with Crippen LogP contribution in [-0.2, 0) is 9.59 Å². The number of hydrogen-bond donors (Lipinski definition) is 1. The van der Waals surface area contributed by atoms with Gasteiger partial charge in [0.2, 0.25) is 11.8 Å². The van der Waals surface area contributed by atoms with Gasteiger partial charge in [-0.25, -0.2) is 0 Å². The Morgan fingerprint density at radius 3 is 2.32 bits per heavy atom. The van der Waals surface area contributed by atoms with Crippen LogP contribution in [0.3, 0.4) is 0 Å². The monoisotopic (exact) mass is 266 g/mol. The molecule has 106 valence electrons. The second-order valence-electron chi connectivity index (χ2n) is 5.60. The molecule has 19 heavy (non-hydrogen) atoms. The maximum absolute atomic E-state index is 11.9. The van der Waals surface area contributed by atoms with E-state index in [9.17, 15) is 9.59 Å². The predicted molar refractivity (Wildman–Crippen MR) is 71.1 cm³/mol. The summed E-state index contributed by atoms with van der Waals surface area (Å²) in [6, 6.07) is 2.18. The lowest BCUT2D eigenvalue weighted by Crippen LogP contribution is -2.50. The summed E-state index contributed by atoms with van der Waals surface area (Å²) in [4.78, 5) is 26.5. The van der Waals surface area contributed by atoms with Gasteiger partial charge in [-0.1, -0.05) is 0 Å². The van der Waals surface area contributed by atoms with E-state index in [0.29, 0.717) is 0 Å². The van der Waals surface area contributed by atoms with Crippen molar-refractivity contribution in [2.75, 3.05) is 34.2 Å². The van der Waals surface area contributed by atoms with Crippen LogP contribution in [0.15, 0.2) is 0 Å². The molecule has 0 aromatic carbocycles. The van der Waals surface area contributed by atoms with Gasteiger partial charge in [0.15, 0.2) is 0 Å². The summed E-state index contributed by atoms with van der Waals surface area (Å²) in [6.07, 6.45) is 1.97. The Balaban J connectivity index is 2.42. The minimum Gasteiger partial charge on any atom is -0.348 e. The number of amides is 2. The number of hydrogen-bond acceptors (Lipinski definition) is 4. The molecular formula is C13H22N4O2. The molecule has 1 aliphatic carbocycles. The maximum Gasteiger partial charge on any atom is 0.236 e. The van der Waals surface area contributed by atoms with Gasteiger partial charge in [0.1, 0.15) is 5.54 Å². The molecule has 0 aliphatic heterocycles. The van der Waals surface area contributed by atoms with Crippen molar-refractivity contribution in [1.29, 1.82) is 5.26 Å². The average molecular weight is 266 g/mol. The lowest BCUT2D eigenvalue weighted by Gasteiger charge is -2.25. The molecule has 1 aliphatic rings. The molecule has 0 heterocycles. The Hall–Kier alpha value is -1.61. The molecule has 0 radical (unpaired) electrons. The lowest BCUT2D eigenvalue weighted by atomic mass is 9.98. The first-order chi connectivity index (χ1) is 8.78. The van der Waals surface area contributed by atoms with Crippen molar-refractivity contribution < 1.29 is 9.59 Å². The van der Waals surface area contributed by atoms with E-state index >= 15 is 0 Å². The standard InChI is InChI=1S/C13H22N4O2/c1-13(9-14,10-5-6-10)15-11(18)7-17(4)8-12(19)16(2)3/h10H,5-8H2,1-4H3,(H,15,18)/t13-/m0/s1. The largest absolute Gasteiger partial charge is 0.348 e. The van der Waals surface area contributed by atoms with Gasteiger partial charge < -0.3 is 10.2 Å². The molecule has 0 aromatic heterocycles. The fraction of sp³-hybridized carbons (Fsp3) is 0.769.